The molecule has 4 aliphatic carbocycles. The standard InChI is InChI=1S/C24H36O5/c1-4-5-10-19-21(25)11-16-13-24(19,29-15-27-3)20-12-22(28-14-26-2)17-8-6-7-9-18(17)23(16)20/h1,16-20,22-23H,5-15H2,2-3H3/t16-,17+,18+,19+,20+,22+,23-,24+/m0/s1. The molecule has 0 saturated heterocycles. The van der Waals surface area contributed by atoms with Gasteiger partial charge >= 0.3 is 0 Å². The lowest BCUT2D eigenvalue weighted by Gasteiger charge is -2.51. The van der Waals surface area contributed by atoms with E-state index in [-0.39, 0.29) is 18.8 Å². The summed E-state index contributed by atoms with van der Waals surface area (Å²) in [5.74, 6) is 5.50. The van der Waals surface area contributed by atoms with Gasteiger partial charge in [-0.05, 0) is 61.7 Å². The highest BCUT2D eigenvalue weighted by molar-refractivity contribution is 5.84. The fourth-order valence-corrected chi connectivity index (χ4v) is 7.61. The molecule has 0 unspecified atom stereocenters. The number of methoxy groups -OCH3 is 2. The molecule has 162 valence electrons. The number of hydrogen-bond acceptors (Lipinski definition) is 5. The second-order valence-electron chi connectivity index (χ2n) is 9.58. The van der Waals surface area contributed by atoms with Gasteiger partial charge in [0.25, 0.3) is 0 Å². The molecule has 4 saturated carbocycles. The Morgan fingerprint density at radius 3 is 2.62 bits per heavy atom. The van der Waals surface area contributed by atoms with Crippen molar-refractivity contribution in [2.75, 3.05) is 27.8 Å². The number of ether oxygens (including phenoxy) is 4. The first-order valence-corrected chi connectivity index (χ1v) is 11.4. The predicted octanol–water partition coefficient (Wildman–Crippen LogP) is 3.80. The first kappa shape index (κ1) is 21.3. The second-order valence-corrected chi connectivity index (χ2v) is 9.58. The van der Waals surface area contributed by atoms with Gasteiger partial charge in [0.05, 0.1) is 11.7 Å². The highest BCUT2D eigenvalue weighted by Gasteiger charge is 2.67. The van der Waals surface area contributed by atoms with Crippen molar-refractivity contribution in [2.45, 2.75) is 69.5 Å². The molecule has 0 aromatic heterocycles. The maximum absolute atomic E-state index is 13.2. The third kappa shape index (κ3) is 3.67. The number of hydrogen-bond donors (Lipinski definition) is 0. The van der Waals surface area contributed by atoms with E-state index in [9.17, 15) is 4.79 Å². The number of Topliss-reactive ketones (excluding diaryl/α,β-unsaturated/α-hetero) is 1. The van der Waals surface area contributed by atoms with Gasteiger partial charge in [-0.15, -0.1) is 12.3 Å². The molecule has 2 bridgehead atoms. The van der Waals surface area contributed by atoms with Crippen LogP contribution in [0.3, 0.4) is 0 Å². The maximum atomic E-state index is 13.2. The zero-order valence-electron chi connectivity index (χ0n) is 17.9. The fraction of sp³-hybridized carbons (Fsp3) is 0.875. The molecule has 4 rings (SSSR count). The lowest BCUT2D eigenvalue weighted by atomic mass is 9.58. The molecule has 4 fully saturated rings. The third-order valence-corrected chi connectivity index (χ3v) is 8.42. The highest BCUT2D eigenvalue weighted by Crippen LogP contribution is 2.65. The second kappa shape index (κ2) is 9.06. The minimum atomic E-state index is -0.450. The summed E-state index contributed by atoms with van der Waals surface area (Å²) >= 11 is 0. The molecular formula is C24H36O5. The summed E-state index contributed by atoms with van der Waals surface area (Å²) in [6.45, 7) is 0.563. The van der Waals surface area contributed by atoms with Crippen LogP contribution < -0.4 is 0 Å². The first-order chi connectivity index (χ1) is 14.2. The number of terminal acetylenes is 1. The highest BCUT2D eigenvalue weighted by atomic mass is 16.7. The van der Waals surface area contributed by atoms with Crippen LogP contribution in [0.15, 0.2) is 0 Å². The summed E-state index contributed by atoms with van der Waals surface area (Å²) in [7, 11) is 3.34. The Kier molecular flexibility index (Phi) is 6.65. The van der Waals surface area contributed by atoms with Crippen molar-refractivity contribution in [2.24, 2.45) is 35.5 Å². The van der Waals surface area contributed by atoms with Crippen LogP contribution in [0.5, 0.6) is 0 Å². The van der Waals surface area contributed by atoms with Crippen LogP contribution in [-0.2, 0) is 23.7 Å². The molecule has 29 heavy (non-hydrogen) atoms. The molecule has 0 N–H and O–H groups in total. The van der Waals surface area contributed by atoms with E-state index >= 15 is 0 Å². The topological polar surface area (TPSA) is 54.0 Å². The molecule has 8 atom stereocenters. The summed E-state index contributed by atoms with van der Waals surface area (Å²) < 4.78 is 23.3. The van der Waals surface area contributed by atoms with E-state index < -0.39 is 5.60 Å². The molecule has 4 aliphatic rings. The van der Waals surface area contributed by atoms with E-state index in [1.165, 1.54) is 25.7 Å². The Morgan fingerprint density at radius 2 is 1.90 bits per heavy atom. The number of rotatable bonds is 8. The maximum Gasteiger partial charge on any atom is 0.147 e. The van der Waals surface area contributed by atoms with Crippen molar-refractivity contribution in [3.8, 4) is 12.3 Å². The predicted molar refractivity (Wildman–Crippen MR) is 109 cm³/mol. The molecule has 0 aliphatic heterocycles. The number of carbonyl (C=O) groups excluding carboxylic acids is 1. The van der Waals surface area contributed by atoms with Crippen LogP contribution >= 0.6 is 0 Å². The molecule has 0 aromatic rings. The van der Waals surface area contributed by atoms with E-state index in [1.54, 1.807) is 14.2 Å². The van der Waals surface area contributed by atoms with Crippen molar-refractivity contribution >= 4 is 5.78 Å². The van der Waals surface area contributed by atoms with Gasteiger partial charge in [0.15, 0.2) is 0 Å². The number of carbonyl (C=O) groups is 1. The van der Waals surface area contributed by atoms with Crippen molar-refractivity contribution in [3.05, 3.63) is 0 Å². The third-order valence-electron chi connectivity index (χ3n) is 8.42. The molecule has 0 amide bonds. The largest absolute Gasteiger partial charge is 0.359 e. The Labute approximate surface area is 175 Å². The van der Waals surface area contributed by atoms with Crippen molar-refractivity contribution in [1.82, 2.24) is 0 Å². The normalized spacial score (nSPS) is 43.5. The minimum Gasteiger partial charge on any atom is -0.359 e. The molecule has 0 radical (unpaired) electrons. The molecule has 0 heterocycles. The molecule has 5 nitrogen and oxygen atoms in total. The lowest BCUT2D eigenvalue weighted by molar-refractivity contribution is -0.206. The Morgan fingerprint density at radius 1 is 1.14 bits per heavy atom. The van der Waals surface area contributed by atoms with Gasteiger partial charge in [-0.3, -0.25) is 4.79 Å². The van der Waals surface area contributed by atoms with E-state index in [0.717, 1.165) is 12.8 Å². The number of ketones is 1. The van der Waals surface area contributed by atoms with E-state index in [1.807, 2.05) is 0 Å². The molecular weight excluding hydrogens is 368 g/mol. The fourth-order valence-electron chi connectivity index (χ4n) is 7.61. The van der Waals surface area contributed by atoms with Gasteiger partial charge < -0.3 is 18.9 Å². The van der Waals surface area contributed by atoms with Gasteiger partial charge in [-0.1, -0.05) is 12.8 Å². The van der Waals surface area contributed by atoms with Crippen molar-refractivity contribution < 1.29 is 23.7 Å². The quantitative estimate of drug-likeness (QED) is 0.455. The average Bonchev–Trinajstić information content (AvgIpc) is 3.00. The van der Waals surface area contributed by atoms with Crippen molar-refractivity contribution in [3.63, 3.8) is 0 Å². The smallest absolute Gasteiger partial charge is 0.147 e. The Hall–Kier alpha value is -0.930. The molecule has 5 heteroatoms. The lowest BCUT2D eigenvalue weighted by Crippen LogP contribution is -2.54. The average molecular weight is 405 g/mol. The van der Waals surface area contributed by atoms with Gasteiger partial charge in [-0.25, -0.2) is 0 Å². The van der Waals surface area contributed by atoms with Gasteiger partial charge in [0.1, 0.15) is 19.4 Å². The van der Waals surface area contributed by atoms with Crippen LogP contribution in [0.4, 0.5) is 0 Å². The van der Waals surface area contributed by atoms with Gasteiger partial charge in [-0.2, -0.15) is 0 Å². The van der Waals surface area contributed by atoms with Crippen LogP contribution in [0.25, 0.3) is 0 Å². The summed E-state index contributed by atoms with van der Waals surface area (Å²) in [6.07, 6.45) is 14.8. The summed E-state index contributed by atoms with van der Waals surface area (Å²) in [4.78, 5) is 13.2. The van der Waals surface area contributed by atoms with Gasteiger partial charge in [0.2, 0.25) is 0 Å². The Bertz CT molecular complexity index is 627. The number of fused-ring (bicyclic) bond motifs is 7. The van der Waals surface area contributed by atoms with E-state index in [2.05, 4.69) is 5.92 Å². The monoisotopic (exact) mass is 404 g/mol. The zero-order chi connectivity index (χ0) is 20.4. The van der Waals surface area contributed by atoms with Crippen LogP contribution in [0.2, 0.25) is 0 Å². The zero-order valence-corrected chi connectivity index (χ0v) is 17.9. The van der Waals surface area contributed by atoms with Gasteiger partial charge in [0, 0.05) is 33.0 Å². The molecule has 0 spiro atoms. The molecule has 0 aromatic carbocycles. The summed E-state index contributed by atoms with van der Waals surface area (Å²) in [5.41, 5.74) is -0.450. The Balaban J connectivity index is 1.69. The van der Waals surface area contributed by atoms with E-state index in [4.69, 9.17) is 25.4 Å². The van der Waals surface area contributed by atoms with E-state index in [0.29, 0.717) is 61.4 Å². The van der Waals surface area contributed by atoms with Crippen LogP contribution in [0, 0.1) is 47.9 Å². The van der Waals surface area contributed by atoms with Crippen LogP contribution in [0.1, 0.15) is 57.8 Å². The van der Waals surface area contributed by atoms with Crippen LogP contribution in [-0.4, -0.2) is 45.3 Å². The SMILES string of the molecule is C#CCC[C@@H]1C(=O)C[C@H]2C[C@]1(OCOC)[C@@H]1C[C@@H](OCOC)[C@@H]3CCCC[C@H]3[C@H]21. The minimum absolute atomic E-state index is 0.122. The first-order valence-electron chi connectivity index (χ1n) is 11.4. The summed E-state index contributed by atoms with van der Waals surface area (Å²) in [5, 5.41) is 0. The summed E-state index contributed by atoms with van der Waals surface area (Å²) in [6, 6.07) is 0. The van der Waals surface area contributed by atoms with Crippen molar-refractivity contribution in [1.29, 1.82) is 0 Å².